The highest BCUT2D eigenvalue weighted by molar-refractivity contribution is 9.10. The van der Waals surface area contributed by atoms with Crippen LogP contribution in [0.15, 0.2) is 59.1 Å². The Morgan fingerprint density at radius 1 is 1.12 bits per heavy atom. The number of urea groups is 1. The highest BCUT2D eigenvalue weighted by atomic mass is 79.9. The molecule has 1 atom stereocenters. The number of imide groups is 1. The number of hydrogen-bond donors (Lipinski definition) is 1. The van der Waals surface area contributed by atoms with Crippen molar-refractivity contribution in [2.75, 3.05) is 6.54 Å². The molecule has 2 aromatic carbocycles. The molecule has 1 saturated heterocycles. The third-order valence-corrected chi connectivity index (χ3v) is 4.57. The van der Waals surface area contributed by atoms with Gasteiger partial charge in [-0.3, -0.25) is 14.5 Å². The highest BCUT2D eigenvalue weighted by Crippen LogP contribution is 2.30. The zero-order valence-electron chi connectivity index (χ0n) is 13.0. The average molecular weight is 387 g/mol. The first-order valence-corrected chi connectivity index (χ1v) is 8.19. The maximum absolute atomic E-state index is 12.8. The molecule has 0 aliphatic carbocycles. The van der Waals surface area contributed by atoms with Gasteiger partial charge < -0.3 is 5.32 Å². The minimum atomic E-state index is -1.18. The van der Waals surface area contributed by atoms with E-state index in [1.165, 1.54) is 0 Å². The van der Waals surface area contributed by atoms with Crippen LogP contribution in [-0.2, 0) is 10.3 Å². The van der Waals surface area contributed by atoms with Gasteiger partial charge >= 0.3 is 6.03 Å². The highest BCUT2D eigenvalue weighted by Gasteiger charge is 2.49. The Balaban J connectivity index is 1.85. The Kier molecular flexibility index (Phi) is 4.24. The first-order chi connectivity index (χ1) is 11.4. The summed E-state index contributed by atoms with van der Waals surface area (Å²) >= 11 is 3.36. The maximum Gasteiger partial charge on any atom is 0.325 e. The molecule has 122 valence electrons. The third kappa shape index (κ3) is 2.85. The molecule has 1 fully saturated rings. The molecule has 1 unspecified atom stereocenters. The van der Waals surface area contributed by atoms with Gasteiger partial charge in [0.1, 0.15) is 5.54 Å². The van der Waals surface area contributed by atoms with Gasteiger partial charge in [-0.25, -0.2) is 4.79 Å². The monoisotopic (exact) mass is 386 g/mol. The fourth-order valence-electron chi connectivity index (χ4n) is 2.69. The second-order valence-electron chi connectivity index (χ2n) is 5.75. The lowest BCUT2D eigenvalue weighted by Crippen LogP contribution is -2.41. The molecule has 2 aromatic rings. The molecular weight excluding hydrogens is 372 g/mol. The van der Waals surface area contributed by atoms with Gasteiger partial charge in [0.25, 0.3) is 5.91 Å². The van der Waals surface area contributed by atoms with Gasteiger partial charge in [0.05, 0.1) is 6.54 Å². The molecule has 0 bridgehead atoms. The van der Waals surface area contributed by atoms with E-state index in [0.717, 1.165) is 9.37 Å². The Morgan fingerprint density at radius 3 is 2.50 bits per heavy atom. The van der Waals surface area contributed by atoms with Crippen molar-refractivity contribution < 1.29 is 14.4 Å². The zero-order valence-corrected chi connectivity index (χ0v) is 14.5. The molecular formula is C18H15BrN2O3. The summed E-state index contributed by atoms with van der Waals surface area (Å²) in [6.45, 7) is 1.36. The smallest absolute Gasteiger partial charge is 0.319 e. The molecule has 1 aliphatic rings. The van der Waals surface area contributed by atoms with Gasteiger partial charge in [-0.05, 0) is 24.6 Å². The van der Waals surface area contributed by atoms with Crippen molar-refractivity contribution in [3.63, 3.8) is 0 Å². The van der Waals surface area contributed by atoms with E-state index in [9.17, 15) is 14.4 Å². The van der Waals surface area contributed by atoms with Crippen molar-refractivity contribution in [3.8, 4) is 0 Å². The van der Waals surface area contributed by atoms with Crippen molar-refractivity contribution in [3.05, 3.63) is 70.2 Å². The molecule has 1 heterocycles. The second kappa shape index (κ2) is 6.20. The van der Waals surface area contributed by atoms with E-state index in [1.807, 2.05) is 6.07 Å². The minimum absolute atomic E-state index is 0.279. The number of benzene rings is 2. The van der Waals surface area contributed by atoms with Crippen LogP contribution in [0.2, 0.25) is 0 Å². The predicted molar refractivity (Wildman–Crippen MR) is 92.5 cm³/mol. The average Bonchev–Trinajstić information content (AvgIpc) is 2.80. The lowest BCUT2D eigenvalue weighted by Gasteiger charge is -2.22. The van der Waals surface area contributed by atoms with Crippen molar-refractivity contribution in [1.29, 1.82) is 0 Å². The van der Waals surface area contributed by atoms with E-state index in [2.05, 4.69) is 21.2 Å². The normalized spacial score (nSPS) is 20.2. The molecule has 6 heteroatoms. The summed E-state index contributed by atoms with van der Waals surface area (Å²) in [6, 6.07) is 15.2. The number of rotatable bonds is 4. The standard InChI is InChI=1S/C18H15BrN2O3/c1-18(13-8-5-9-14(19)10-13)16(23)21(17(24)20-18)11-15(22)12-6-3-2-4-7-12/h2-10H,11H2,1H3,(H,20,24). The quantitative estimate of drug-likeness (QED) is 0.648. The Bertz CT molecular complexity index is 822. The molecule has 1 aliphatic heterocycles. The van der Waals surface area contributed by atoms with Crippen LogP contribution < -0.4 is 5.32 Å². The number of hydrogen-bond acceptors (Lipinski definition) is 3. The molecule has 0 radical (unpaired) electrons. The van der Waals surface area contributed by atoms with Crippen molar-refractivity contribution in [2.45, 2.75) is 12.5 Å². The van der Waals surface area contributed by atoms with Gasteiger partial charge in [0.15, 0.2) is 5.78 Å². The summed E-state index contributed by atoms with van der Waals surface area (Å²) in [5, 5.41) is 2.69. The van der Waals surface area contributed by atoms with E-state index in [-0.39, 0.29) is 12.3 Å². The van der Waals surface area contributed by atoms with Crippen molar-refractivity contribution >= 4 is 33.7 Å². The summed E-state index contributed by atoms with van der Waals surface area (Å²) in [5.41, 5.74) is -0.0586. The van der Waals surface area contributed by atoms with Crippen LogP contribution in [0.5, 0.6) is 0 Å². The van der Waals surface area contributed by atoms with Crippen LogP contribution in [0.1, 0.15) is 22.8 Å². The van der Waals surface area contributed by atoms with Gasteiger partial charge in [-0.1, -0.05) is 58.4 Å². The summed E-state index contributed by atoms with van der Waals surface area (Å²) in [7, 11) is 0. The second-order valence-corrected chi connectivity index (χ2v) is 6.66. The summed E-state index contributed by atoms with van der Waals surface area (Å²) in [6.07, 6.45) is 0. The molecule has 3 rings (SSSR count). The van der Waals surface area contributed by atoms with E-state index >= 15 is 0 Å². The molecule has 24 heavy (non-hydrogen) atoms. The number of halogens is 1. The van der Waals surface area contributed by atoms with Crippen LogP contribution in [0.3, 0.4) is 0 Å². The van der Waals surface area contributed by atoms with Crippen molar-refractivity contribution in [2.24, 2.45) is 0 Å². The summed E-state index contributed by atoms with van der Waals surface area (Å²) < 4.78 is 0.807. The topological polar surface area (TPSA) is 66.5 Å². The van der Waals surface area contributed by atoms with E-state index in [0.29, 0.717) is 11.1 Å². The van der Waals surface area contributed by atoms with Crippen LogP contribution in [0.4, 0.5) is 4.79 Å². The molecule has 0 aromatic heterocycles. The number of ketones is 1. The molecule has 1 N–H and O–H groups in total. The fraction of sp³-hybridized carbons (Fsp3) is 0.167. The number of nitrogens with zero attached hydrogens (tertiary/aromatic N) is 1. The third-order valence-electron chi connectivity index (χ3n) is 4.07. The largest absolute Gasteiger partial charge is 0.325 e. The Hall–Kier alpha value is -2.47. The zero-order chi connectivity index (χ0) is 17.3. The first-order valence-electron chi connectivity index (χ1n) is 7.40. The number of Topliss-reactive ketones (excluding diaryl/α,β-unsaturated/α-hetero) is 1. The number of amides is 3. The predicted octanol–water partition coefficient (Wildman–Crippen LogP) is 3.10. The van der Waals surface area contributed by atoms with Crippen LogP contribution in [0.25, 0.3) is 0 Å². The van der Waals surface area contributed by atoms with Gasteiger partial charge in [-0.2, -0.15) is 0 Å². The van der Waals surface area contributed by atoms with E-state index < -0.39 is 17.5 Å². The molecule has 0 spiro atoms. The lowest BCUT2D eigenvalue weighted by molar-refractivity contribution is -0.130. The van der Waals surface area contributed by atoms with Crippen LogP contribution >= 0.6 is 15.9 Å². The maximum atomic E-state index is 12.8. The Morgan fingerprint density at radius 2 is 1.83 bits per heavy atom. The number of carbonyl (C=O) groups is 3. The molecule has 3 amide bonds. The molecule has 5 nitrogen and oxygen atoms in total. The Labute approximate surface area is 147 Å². The lowest BCUT2D eigenvalue weighted by atomic mass is 9.92. The molecule has 0 saturated carbocycles. The first kappa shape index (κ1) is 16.4. The van der Waals surface area contributed by atoms with Gasteiger partial charge in [0.2, 0.25) is 0 Å². The minimum Gasteiger partial charge on any atom is -0.319 e. The number of nitrogens with one attached hydrogen (secondary N) is 1. The van der Waals surface area contributed by atoms with Crippen LogP contribution in [0, 0.1) is 0 Å². The van der Waals surface area contributed by atoms with E-state index in [4.69, 9.17) is 0 Å². The fourth-order valence-corrected chi connectivity index (χ4v) is 3.09. The van der Waals surface area contributed by atoms with Crippen molar-refractivity contribution in [1.82, 2.24) is 10.2 Å². The number of carbonyl (C=O) groups excluding carboxylic acids is 3. The van der Waals surface area contributed by atoms with Gasteiger partial charge in [0, 0.05) is 10.0 Å². The SMILES string of the molecule is CC1(c2cccc(Br)c2)NC(=O)N(CC(=O)c2ccccc2)C1=O. The van der Waals surface area contributed by atoms with E-state index in [1.54, 1.807) is 55.5 Å². The van der Waals surface area contributed by atoms with Gasteiger partial charge in [-0.15, -0.1) is 0 Å². The summed E-state index contributed by atoms with van der Waals surface area (Å²) in [4.78, 5) is 38.3. The summed E-state index contributed by atoms with van der Waals surface area (Å²) in [5.74, 6) is -0.715. The van der Waals surface area contributed by atoms with Crippen LogP contribution in [-0.4, -0.2) is 29.2 Å².